The zero-order chi connectivity index (χ0) is 20.6. The Morgan fingerprint density at radius 2 is 1.93 bits per heavy atom. The van der Waals surface area contributed by atoms with Gasteiger partial charge in [-0.2, -0.15) is 13.2 Å². The van der Waals surface area contributed by atoms with E-state index in [2.05, 4.69) is 29.5 Å². The lowest BCUT2D eigenvalue weighted by Gasteiger charge is -2.15. The highest BCUT2D eigenvalue weighted by molar-refractivity contribution is 5.77. The molecule has 1 amide bonds. The molecule has 0 aliphatic heterocycles. The number of ether oxygens (including phenoxy) is 1. The average Bonchev–Trinajstić information content (AvgIpc) is 2.69. The smallest absolute Gasteiger partial charge is 0.417 e. The number of halogens is 3. The number of hydrogen-bond acceptors (Lipinski definition) is 4. The Morgan fingerprint density at radius 3 is 2.57 bits per heavy atom. The molecule has 2 rings (SSSR count). The van der Waals surface area contributed by atoms with E-state index in [4.69, 9.17) is 4.74 Å². The Hall–Kier alpha value is -2.77. The van der Waals surface area contributed by atoms with E-state index in [-0.39, 0.29) is 19.1 Å². The van der Waals surface area contributed by atoms with Crippen molar-refractivity contribution in [2.75, 3.05) is 25.0 Å². The van der Waals surface area contributed by atoms with Gasteiger partial charge in [0, 0.05) is 19.3 Å². The van der Waals surface area contributed by atoms with Gasteiger partial charge in [-0.3, -0.25) is 4.79 Å². The lowest BCUT2D eigenvalue weighted by Crippen LogP contribution is -2.32. The molecule has 0 bridgehead atoms. The third-order valence-corrected chi connectivity index (χ3v) is 4.27. The van der Waals surface area contributed by atoms with Crippen LogP contribution in [0.25, 0.3) is 0 Å². The topological polar surface area (TPSA) is 63.2 Å². The van der Waals surface area contributed by atoms with Gasteiger partial charge in [0.1, 0.15) is 11.6 Å². The molecule has 1 aromatic heterocycles. The number of para-hydroxylation sites is 1. The fourth-order valence-electron chi connectivity index (χ4n) is 2.49. The lowest BCUT2D eigenvalue weighted by molar-refractivity contribution is -0.137. The van der Waals surface area contributed by atoms with Gasteiger partial charge in [-0.05, 0) is 36.1 Å². The molecule has 2 aromatic rings. The highest BCUT2D eigenvalue weighted by atomic mass is 19.4. The Bertz CT molecular complexity index is 764. The number of carbonyl (C=O) groups excluding carboxylic acids is 1. The Balaban J connectivity index is 1.72. The van der Waals surface area contributed by atoms with Crippen LogP contribution in [0.5, 0.6) is 5.75 Å². The summed E-state index contributed by atoms with van der Waals surface area (Å²) in [5.74, 6) is 1.06. The summed E-state index contributed by atoms with van der Waals surface area (Å²) < 4.78 is 43.1. The van der Waals surface area contributed by atoms with Gasteiger partial charge < -0.3 is 15.4 Å². The summed E-state index contributed by atoms with van der Waals surface area (Å²) in [6.07, 6.45) is -2.67. The number of nitrogens with one attached hydrogen (secondary N) is 2. The third-order valence-electron chi connectivity index (χ3n) is 4.27. The van der Waals surface area contributed by atoms with Crippen LogP contribution in [0.1, 0.15) is 37.3 Å². The number of pyridine rings is 1. The average molecular weight is 395 g/mol. The van der Waals surface area contributed by atoms with Gasteiger partial charge >= 0.3 is 6.18 Å². The molecular weight excluding hydrogens is 371 g/mol. The van der Waals surface area contributed by atoms with Crippen molar-refractivity contribution in [1.82, 2.24) is 10.3 Å². The summed E-state index contributed by atoms with van der Waals surface area (Å²) in [5, 5.41) is 5.54. The van der Waals surface area contributed by atoms with Crippen LogP contribution in [0.3, 0.4) is 0 Å². The molecular formula is C20H24F3N3O2. The molecule has 5 nitrogen and oxygen atoms in total. The summed E-state index contributed by atoms with van der Waals surface area (Å²) in [5.41, 5.74) is 0.258. The second kappa shape index (κ2) is 9.96. The van der Waals surface area contributed by atoms with E-state index >= 15 is 0 Å². The van der Waals surface area contributed by atoms with E-state index in [1.54, 1.807) is 0 Å². The van der Waals surface area contributed by atoms with Crippen molar-refractivity contribution < 1.29 is 22.7 Å². The van der Waals surface area contributed by atoms with Crippen LogP contribution in [0.15, 0.2) is 42.6 Å². The second-order valence-electron chi connectivity index (χ2n) is 6.34. The zero-order valence-electron chi connectivity index (χ0n) is 15.8. The summed E-state index contributed by atoms with van der Waals surface area (Å²) in [6.45, 7) is 4.70. The largest absolute Gasteiger partial charge is 0.483 e. The quantitative estimate of drug-likeness (QED) is 0.624. The number of hydrogen-bond donors (Lipinski definition) is 2. The number of carbonyl (C=O) groups is 1. The summed E-state index contributed by atoms with van der Waals surface area (Å²) >= 11 is 0. The number of amides is 1. The van der Waals surface area contributed by atoms with Crippen molar-refractivity contribution in [2.24, 2.45) is 0 Å². The first-order chi connectivity index (χ1) is 13.3. The Kier molecular flexibility index (Phi) is 7.66. The molecule has 0 aliphatic carbocycles. The molecule has 0 fully saturated rings. The van der Waals surface area contributed by atoms with E-state index in [0.717, 1.165) is 24.2 Å². The first kappa shape index (κ1) is 21.5. The number of benzene rings is 1. The van der Waals surface area contributed by atoms with Gasteiger partial charge in [-0.15, -0.1) is 0 Å². The predicted octanol–water partition coefficient (Wildman–Crippen LogP) is 4.22. The zero-order valence-corrected chi connectivity index (χ0v) is 15.8. The van der Waals surface area contributed by atoms with Gasteiger partial charge in [0.2, 0.25) is 0 Å². The van der Waals surface area contributed by atoms with E-state index in [9.17, 15) is 18.0 Å². The molecule has 0 spiro atoms. The number of rotatable bonds is 9. The van der Waals surface area contributed by atoms with E-state index in [1.807, 2.05) is 24.3 Å². The molecule has 0 saturated carbocycles. The SMILES string of the molecule is CCC(C)c1ccccc1OCC(=O)NCCNc1ccc(C(F)(F)F)cn1. The summed E-state index contributed by atoms with van der Waals surface area (Å²) in [7, 11) is 0. The first-order valence-electron chi connectivity index (χ1n) is 9.06. The van der Waals surface area contributed by atoms with Crippen LogP contribution in [0, 0.1) is 0 Å². The van der Waals surface area contributed by atoms with Crippen LogP contribution in [-0.4, -0.2) is 30.6 Å². The molecule has 2 N–H and O–H groups in total. The first-order valence-corrected chi connectivity index (χ1v) is 9.06. The standard InChI is InChI=1S/C20H24F3N3O2/c1-3-14(2)16-6-4-5-7-17(16)28-13-19(27)25-11-10-24-18-9-8-15(12-26-18)20(21,22)23/h4-9,12,14H,3,10-11,13H2,1-2H3,(H,24,26)(H,25,27). The van der Waals surface area contributed by atoms with Crippen LogP contribution >= 0.6 is 0 Å². The minimum absolute atomic E-state index is 0.105. The van der Waals surface area contributed by atoms with E-state index in [1.165, 1.54) is 6.07 Å². The van der Waals surface area contributed by atoms with Gasteiger partial charge in [0.05, 0.1) is 5.56 Å². The van der Waals surface area contributed by atoms with Gasteiger partial charge in [-0.1, -0.05) is 32.0 Å². The number of nitrogens with zero attached hydrogens (tertiary/aromatic N) is 1. The monoisotopic (exact) mass is 395 g/mol. The molecule has 1 heterocycles. The van der Waals surface area contributed by atoms with Crippen molar-refractivity contribution >= 4 is 11.7 Å². The van der Waals surface area contributed by atoms with Crippen LogP contribution in [0.2, 0.25) is 0 Å². The molecule has 0 saturated heterocycles. The maximum Gasteiger partial charge on any atom is 0.417 e. The fourth-order valence-corrected chi connectivity index (χ4v) is 2.49. The minimum Gasteiger partial charge on any atom is -0.483 e. The lowest BCUT2D eigenvalue weighted by atomic mass is 9.98. The molecule has 1 aromatic carbocycles. The van der Waals surface area contributed by atoms with E-state index < -0.39 is 11.7 Å². The summed E-state index contributed by atoms with van der Waals surface area (Å²) in [6, 6.07) is 9.83. The molecule has 1 unspecified atom stereocenters. The molecule has 152 valence electrons. The molecule has 0 radical (unpaired) electrons. The minimum atomic E-state index is -4.41. The van der Waals surface area contributed by atoms with Crippen molar-refractivity contribution in [1.29, 1.82) is 0 Å². The summed E-state index contributed by atoms with van der Waals surface area (Å²) in [4.78, 5) is 15.6. The van der Waals surface area contributed by atoms with Crippen molar-refractivity contribution in [2.45, 2.75) is 32.4 Å². The molecule has 8 heteroatoms. The molecule has 0 aliphatic rings. The Labute approximate surface area is 162 Å². The highest BCUT2D eigenvalue weighted by Gasteiger charge is 2.30. The number of anilines is 1. The molecule has 1 atom stereocenters. The van der Waals surface area contributed by atoms with E-state index in [0.29, 0.717) is 24.0 Å². The van der Waals surface area contributed by atoms with Crippen LogP contribution in [0.4, 0.5) is 19.0 Å². The maximum atomic E-state index is 12.5. The van der Waals surface area contributed by atoms with Crippen LogP contribution in [-0.2, 0) is 11.0 Å². The predicted molar refractivity (Wildman–Crippen MR) is 101 cm³/mol. The van der Waals surface area contributed by atoms with Crippen molar-refractivity contribution in [3.05, 3.63) is 53.7 Å². The number of alkyl halides is 3. The third kappa shape index (κ3) is 6.44. The van der Waals surface area contributed by atoms with Gasteiger partial charge in [-0.25, -0.2) is 4.98 Å². The van der Waals surface area contributed by atoms with Crippen molar-refractivity contribution in [3.63, 3.8) is 0 Å². The molecule has 28 heavy (non-hydrogen) atoms. The second-order valence-corrected chi connectivity index (χ2v) is 6.34. The van der Waals surface area contributed by atoms with Crippen molar-refractivity contribution in [3.8, 4) is 5.75 Å². The normalized spacial score (nSPS) is 12.3. The fraction of sp³-hybridized carbons (Fsp3) is 0.400. The maximum absolute atomic E-state index is 12.5. The van der Waals surface area contributed by atoms with Gasteiger partial charge in [0.25, 0.3) is 5.91 Å². The van der Waals surface area contributed by atoms with Gasteiger partial charge in [0.15, 0.2) is 6.61 Å². The van der Waals surface area contributed by atoms with Crippen LogP contribution < -0.4 is 15.4 Å². The number of aromatic nitrogens is 1. The Morgan fingerprint density at radius 1 is 1.18 bits per heavy atom. The highest BCUT2D eigenvalue weighted by Crippen LogP contribution is 2.29.